The Balaban J connectivity index is 1.68. The Kier molecular flexibility index (Phi) is 4.28. The second-order valence-corrected chi connectivity index (χ2v) is 6.09. The lowest BCUT2D eigenvalue weighted by Crippen LogP contribution is -2.12. The van der Waals surface area contributed by atoms with Gasteiger partial charge < -0.3 is 9.47 Å². The second-order valence-electron chi connectivity index (χ2n) is 6.09. The van der Waals surface area contributed by atoms with E-state index in [4.69, 9.17) is 9.47 Å². The number of ether oxygens (including phenoxy) is 2. The van der Waals surface area contributed by atoms with Crippen LogP contribution in [0.3, 0.4) is 0 Å². The Bertz CT molecular complexity index is 1030. The fraction of sp³-hybridized carbons (Fsp3) is 0.0870. The smallest absolute Gasteiger partial charge is 0.200 e. The zero-order valence-corrected chi connectivity index (χ0v) is 14.4. The molecule has 3 heteroatoms. The highest BCUT2D eigenvalue weighted by Crippen LogP contribution is 2.34. The fourth-order valence-electron chi connectivity index (χ4n) is 3.13. The van der Waals surface area contributed by atoms with Crippen molar-refractivity contribution in [3.8, 4) is 11.5 Å². The van der Waals surface area contributed by atoms with Crippen molar-refractivity contribution in [2.45, 2.75) is 0 Å². The van der Waals surface area contributed by atoms with Crippen molar-refractivity contribution in [1.29, 1.82) is 0 Å². The molecule has 0 unspecified atom stereocenters. The third-order valence-corrected chi connectivity index (χ3v) is 4.48. The lowest BCUT2D eigenvalue weighted by atomic mass is 10.0. The van der Waals surface area contributed by atoms with Gasteiger partial charge in [0.05, 0.1) is 7.11 Å². The van der Waals surface area contributed by atoms with Gasteiger partial charge in [-0.15, -0.1) is 0 Å². The number of fused-ring (bicyclic) bond motifs is 2. The number of methoxy groups -OCH3 is 1. The molecule has 0 aliphatic carbocycles. The minimum Gasteiger partial charge on any atom is -0.497 e. The van der Waals surface area contributed by atoms with Crippen molar-refractivity contribution in [2.75, 3.05) is 13.7 Å². The summed E-state index contributed by atoms with van der Waals surface area (Å²) < 4.78 is 11.2. The SMILES string of the molecule is COc1ccc(C(=O)COc2c3ccccc3cc3ccccc23)cc1. The molecule has 0 spiro atoms. The van der Waals surface area contributed by atoms with Crippen LogP contribution in [0.4, 0.5) is 0 Å². The van der Waals surface area contributed by atoms with Crippen LogP contribution in [0, 0.1) is 0 Å². The summed E-state index contributed by atoms with van der Waals surface area (Å²) in [5.74, 6) is 1.41. The molecule has 0 fully saturated rings. The van der Waals surface area contributed by atoms with E-state index >= 15 is 0 Å². The number of hydrogen-bond acceptors (Lipinski definition) is 3. The zero-order valence-electron chi connectivity index (χ0n) is 14.4. The lowest BCUT2D eigenvalue weighted by molar-refractivity contribution is 0.0923. The largest absolute Gasteiger partial charge is 0.497 e. The molecular weight excluding hydrogens is 324 g/mol. The lowest BCUT2D eigenvalue weighted by Gasteiger charge is -2.13. The molecule has 0 atom stereocenters. The molecule has 0 aliphatic rings. The van der Waals surface area contributed by atoms with E-state index in [1.807, 2.05) is 36.4 Å². The molecule has 0 radical (unpaired) electrons. The Morgan fingerprint density at radius 3 is 1.96 bits per heavy atom. The standard InChI is InChI=1S/C23H18O3/c1-25-19-12-10-16(11-13-19)22(24)15-26-23-20-8-4-2-6-17(20)14-18-7-3-5-9-21(18)23/h2-14H,15H2,1H3. The number of Topliss-reactive ketones (excluding diaryl/α,β-unsaturated/α-hetero) is 1. The predicted molar refractivity (Wildman–Crippen MR) is 104 cm³/mol. The van der Waals surface area contributed by atoms with Gasteiger partial charge in [0, 0.05) is 16.3 Å². The van der Waals surface area contributed by atoms with Crippen LogP contribution in [0.5, 0.6) is 11.5 Å². The van der Waals surface area contributed by atoms with Crippen LogP contribution in [0.2, 0.25) is 0 Å². The molecule has 4 rings (SSSR count). The number of rotatable bonds is 5. The summed E-state index contributed by atoms with van der Waals surface area (Å²) in [7, 11) is 1.60. The number of carbonyl (C=O) groups is 1. The van der Waals surface area contributed by atoms with Crippen molar-refractivity contribution in [2.24, 2.45) is 0 Å². The molecule has 0 heterocycles. The van der Waals surface area contributed by atoms with Crippen molar-refractivity contribution >= 4 is 27.3 Å². The van der Waals surface area contributed by atoms with E-state index in [2.05, 4.69) is 18.2 Å². The molecule has 0 saturated carbocycles. The Hall–Kier alpha value is -3.33. The highest BCUT2D eigenvalue weighted by Gasteiger charge is 2.12. The maximum Gasteiger partial charge on any atom is 0.200 e. The van der Waals surface area contributed by atoms with E-state index < -0.39 is 0 Å². The van der Waals surface area contributed by atoms with Crippen LogP contribution < -0.4 is 9.47 Å². The topological polar surface area (TPSA) is 35.5 Å². The first-order valence-electron chi connectivity index (χ1n) is 8.47. The van der Waals surface area contributed by atoms with Gasteiger partial charge in [-0.25, -0.2) is 0 Å². The molecule has 128 valence electrons. The molecule has 4 aromatic carbocycles. The van der Waals surface area contributed by atoms with Crippen molar-refractivity contribution in [1.82, 2.24) is 0 Å². The van der Waals surface area contributed by atoms with Crippen LogP contribution in [-0.4, -0.2) is 19.5 Å². The third-order valence-electron chi connectivity index (χ3n) is 4.48. The van der Waals surface area contributed by atoms with Crippen molar-refractivity contribution in [3.63, 3.8) is 0 Å². The summed E-state index contributed by atoms with van der Waals surface area (Å²) in [6, 6.07) is 25.3. The quantitative estimate of drug-likeness (QED) is 0.366. The van der Waals surface area contributed by atoms with Crippen LogP contribution >= 0.6 is 0 Å². The normalized spacial score (nSPS) is 10.8. The molecular formula is C23H18O3. The second kappa shape index (κ2) is 6.89. The van der Waals surface area contributed by atoms with Crippen molar-refractivity contribution < 1.29 is 14.3 Å². The van der Waals surface area contributed by atoms with Gasteiger partial charge in [-0.3, -0.25) is 4.79 Å². The summed E-state index contributed by atoms with van der Waals surface area (Å²) >= 11 is 0. The first-order valence-corrected chi connectivity index (χ1v) is 8.47. The average molecular weight is 342 g/mol. The number of carbonyl (C=O) groups excluding carboxylic acids is 1. The molecule has 0 N–H and O–H groups in total. The number of ketones is 1. The molecule has 0 saturated heterocycles. The summed E-state index contributed by atoms with van der Waals surface area (Å²) in [5, 5.41) is 4.21. The van der Waals surface area contributed by atoms with Gasteiger partial charge in [-0.2, -0.15) is 0 Å². The van der Waals surface area contributed by atoms with Gasteiger partial charge in [0.15, 0.2) is 12.4 Å². The van der Waals surface area contributed by atoms with Gasteiger partial charge in [0.25, 0.3) is 0 Å². The van der Waals surface area contributed by atoms with E-state index in [1.165, 1.54) is 0 Å². The zero-order chi connectivity index (χ0) is 17.9. The first kappa shape index (κ1) is 16.2. The van der Waals surface area contributed by atoms with Crippen LogP contribution in [0.15, 0.2) is 78.9 Å². The maximum absolute atomic E-state index is 12.5. The fourth-order valence-corrected chi connectivity index (χ4v) is 3.13. The highest BCUT2D eigenvalue weighted by molar-refractivity contribution is 6.06. The predicted octanol–water partition coefficient (Wildman–Crippen LogP) is 5.26. The minimum atomic E-state index is -0.0651. The van der Waals surface area contributed by atoms with Crippen LogP contribution in [0.25, 0.3) is 21.5 Å². The summed E-state index contributed by atoms with van der Waals surface area (Å²) in [6.07, 6.45) is 0. The van der Waals surface area contributed by atoms with Gasteiger partial charge in [0.1, 0.15) is 11.5 Å². The first-order chi connectivity index (χ1) is 12.8. The van der Waals surface area contributed by atoms with E-state index in [-0.39, 0.29) is 12.4 Å². The molecule has 26 heavy (non-hydrogen) atoms. The van der Waals surface area contributed by atoms with E-state index in [0.29, 0.717) is 5.56 Å². The molecule has 4 aromatic rings. The van der Waals surface area contributed by atoms with E-state index in [9.17, 15) is 4.79 Å². The minimum absolute atomic E-state index is 0.00959. The van der Waals surface area contributed by atoms with Crippen LogP contribution in [-0.2, 0) is 0 Å². The maximum atomic E-state index is 12.5. The van der Waals surface area contributed by atoms with Crippen molar-refractivity contribution in [3.05, 3.63) is 84.4 Å². The summed E-state index contributed by atoms with van der Waals surface area (Å²) in [6.45, 7) is -0.00959. The molecule has 0 bridgehead atoms. The van der Waals surface area contributed by atoms with Gasteiger partial charge in [0.2, 0.25) is 0 Å². The average Bonchev–Trinajstić information content (AvgIpc) is 2.71. The van der Waals surface area contributed by atoms with E-state index in [1.54, 1.807) is 31.4 Å². The molecule has 0 aliphatic heterocycles. The molecule has 0 aromatic heterocycles. The van der Waals surface area contributed by atoms with Crippen LogP contribution in [0.1, 0.15) is 10.4 Å². The molecule has 0 amide bonds. The molecule has 3 nitrogen and oxygen atoms in total. The highest BCUT2D eigenvalue weighted by atomic mass is 16.5. The van der Waals surface area contributed by atoms with Gasteiger partial charge in [-0.1, -0.05) is 48.5 Å². The number of hydrogen-bond donors (Lipinski definition) is 0. The van der Waals surface area contributed by atoms with Gasteiger partial charge >= 0.3 is 0 Å². The van der Waals surface area contributed by atoms with Gasteiger partial charge in [-0.05, 0) is 41.1 Å². The Labute approximate surface area is 151 Å². The number of benzene rings is 4. The summed E-state index contributed by atoms with van der Waals surface area (Å²) in [4.78, 5) is 12.5. The Morgan fingerprint density at radius 1 is 0.808 bits per heavy atom. The van der Waals surface area contributed by atoms with E-state index in [0.717, 1.165) is 33.0 Å². The Morgan fingerprint density at radius 2 is 1.38 bits per heavy atom. The monoisotopic (exact) mass is 342 g/mol. The summed E-state index contributed by atoms with van der Waals surface area (Å²) in [5.41, 5.74) is 0.607. The third kappa shape index (κ3) is 3.00.